The summed E-state index contributed by atoms with van der Waals surface area (Å²) in [4.78, 5) is 17.7. The van der Waals surface area contributed by atoms with Gasteiger partial charge in [-0.15, -0.1) is 35.7 Å². The van der Waals surface area contributed by atoms with Crippen molar-refractivity contribution < 1.29 is 4.79 Å². The van der Waals surface area contributed by atoms with Crippen LogP contribution in [0.1, 0.15) is 38.8 Å². The molecule has 0 fully saturated rings. The Balaban J connectivity index is 0.00000576. The fraction of sp³-hybridized carbons (Fsp3) is 0.556. The van der Waals surface area contributed by atoms with Crippen LogP contribution in [0.2, 0.25) is 0 Å². The molecule has 0 saturated heterocycles. The number of hydrogen-bond acceptors (Lipinski definition) is 3. The molecule has 0 bridgehead atoms. The summed E-state index contributed by atoms with van der Waals surface area (Å²) in [6, 6.07) is 6.38. The predicted octanol–water partition coefficient (Wildman–Crippen LogP) is 3.30. The molecule has 0 aliphatic rings. The Bertz CT molecular complexity index is 585. The average molecular weight is 478 g/mol. The second-order valence-corrected chi connectivity index (χ2v) is 7.51. The first-order valence-electron chi connectivity index (χ1n) is 8.22. The molecule has 0 heterocycles. The third-order valence-electron chi connectivity index (χ3n) is 3.13. The number of amides is 1. The van der Waals surface area contributed by atoms with Gasteiger partial charge in [-0.1, -0.05) is 12.1 Å². The quantitative estimate of drug-likeness (QED) is 0.254. The summed E-state index contributed by atoms with van der Waals surface area (Å²) < 4.78 is 0. The maximum atomic E-state index is 11.9. The molecule has 142 valence electrons. The van der Waals surface area contributed by atoms with Gasteiger partial charge < -0.3 is 16.0 Å². The van der Waals surface area contributed by atoms with E-state index in [0.29, 0.717) is 12.5 Å². The van der Waals surface area contributed by atoms with E-state index in [9.17, 15) is 4.79 Å². The van der Waals surface area contributed by atoms with Crippen LogP contribution in [-0.4, -0.2) is 36.8 Å². The molecular weight excluding hydrogens is 447 g/mol. The minimum atomic E-state index is -0.233. The molecule has 0 saturated carbocycles. The van der Waals surface area contributed by atoms with E-state index in [2.05, 4.69) is 52.3 Å². The number of nitrogens with one attached hydrogen (secondary N) is 3. The summed E-state index contributed by atoms with van der Waals surface area (Å²) in [6.45, 7) is 11.5. The fourth-order valence-electron chi connectivity index (χ4n) is 2.11. The van der Waals surface area contributed by atoms with E-state index in [1.54, 1.807) is 11.8 Å². The zero-order valence-electron chi connectivity index (χ0n) is 16.0. The average Bonchev–Trinajstić information content (AvgIpc) is 2.49. The van der Waals surface area contributed by atoms with Gasteiger partial charge in [0.2, 0.25) is 5.91 Å². The molecule has 0 spiro atoms. The Kier molecular flexibility index (Phi) is 11.2. The molecule has 1 rings (SSSR count). The van der Waals surface area contributed by atoms with Crippen molar-refractivity contribution in [3.8, 4) is 0 Å². The smallest absolute Gasteiger partial charge is 0.239 e. The number of nitrogens with zero attached hydrogens (tertiary/aromatic N) is 1. The van der Waals surface area contributed by atoms with Gasteiger partial charge in [0.1, 0.15) is 0 Å². The standard InChI is InChI=1S/C18H30N4OS.HI/c1-7-19-17(21-12-16(23)22-18(3,4)5)20-11-14-9-8-13(2)10-15(14)24-6;/h8-10H,7,11-12H2,1-6H3,(H,22,23)(H2,19,20,21);1H. The Morgan fingerprint density at radius 1 is 1.24 bits per heavy atom. The lowest BCUT2D eigenvalue weighted by molar-refractivity contribution is -0.121. The number of benzene rings is 1. The lowest BCUT2D eigenvalue weighted by atomic mass is 10.1. The molecule has 1 amide bonds. The van der Waals surface area contributed by atoms with E-state index in [1.165, 1.54) is 16.0 Å². The van der Waals surface area contributed by atoms with Gasteiger partial charge in [-0.3, -0.25) is 4.79 Å². The van der Waals surface area contributed by atoms with Gasteiger partial charge in [-0.2, -0.15) is 0 Å². The molecule has 3 N–H and O–H groups in total. The first kappa shape index (κ1) is 24.0. The van der Waals surface area contributed by atoms with Gasteiger partial charge >= 0.3 is 0 Å². The van der Waals surface area contributed by atoms with Crippen molar-refractivity contribution in [2.24, 2.45) is 4.99 Å². The largest absolute Gasteiger partial charge is 0.357 e. The molecule has 25 heavy (non-hydrogen) atoms. The Labute approximate surface area is 173 Å². The summed E-state index contributed by atoms with van der Waals surface area (Å²) in [5, 5.41) is 9.18. The van der Waals surface area contributed by atoms with E-state index in [0.717, 1.165) is 6.54 Å². The minimum absolute atomic E-state index is 0. The summed E-state index contributed by atoms with van der Waals surface area (Å²) in [5.74, 6) is 0.599. The van der Waals surface area contributed by atoms with Crippen LogP contribution in [0.15, 0.2) is 28.1 Å². The molecule has 5 nitrogen and oxygen atoms in total. The summed E-state index contributed by atoms with van der Waals surface area (Å²) >= 11 is 1.73. The molecule has 1 aromatic rings. The number of thioether (sulfide) groups is 1. The molecule has 0 aliphatic heterocycles. The monoisotopic (exact) mass is 478 g/mol. The molecule has 0 atom stereocenters. The lowest BCUT2D eigenvalue weighted by Gasteiger charge is -2.21. The van der Waals surface area contributed by atoms with E-state index in [4.69, 9.17) is 0 Å². The molecule has 1 aromatic carbocycles. The fourth-order valence-corrected chi connectivity index (χ4v) is 2.81. The van der Waals surface area contributed by atoms with Crippen molar-refractivity contribution in [3.63, 3.8) is 0 Å². The highest BCUT2D eigenvalue weighted by atomic mass is 127. The van der Waals surface area contributed by atoms with Gasteiger partial charge in [0.05, 0.1) is 13.1 Å². The van der Waals surface area contributed by atoms with Crippen LogP contribution in [0.4, 0.5) is 0 Å². The van der Waals surface area contributed by atoms with Crippen LogP contribution < -0.4 is 16.0 Å². The number of hydrogen-bond donors (Lipinski definition) is 3. The Morgan fingerprint density at radius 3 is 2.48 bits per heavy atom. The minimum Gasteiger partial charge on any atom is -0.357 e. The highest BCUT2D eigenvalue weighted by Crippen LogP contribution is 2.22. The van der Waals surface area contributed by atoms with Crippen LogP contribution in [0.5, 0.6) is 0 Å². The first-order valence-corrected chi connectivity index (χ1v) is 9.44. The molecular formula is C18H31IN4OS. The Hall–Kier alpha value is -0.960. The van der Waals surface area contributed by atoms with Crippen LogP contribution in [0.25, 0.3) is 0 Å². The van der Waals surface area contributed by atoms with Crippen LogP contribution in [0, 0.1) is 6.92 Å². The lowest BCUT2D eigenvalue weighted by Crippen LogP contribution is -2.48. The predicted molar refractivity (Wildman–Crippen MR) is 119 cm³/mol. The second-order valence-electron chi connectivity index (χ2n) is 6.66. The highest BCUT2D eigenvalue weighted by molar-refractivity contribution is 14.0. The van der Waals surface area contributed by atoms with Crippen molar-refractivity contribution in [2.45, 2.75) is 51.6 Å². The number of carbonyl (C=O) groups excluding carboxylic acids is 1. The molecule has 0 aliphatic carbocycles. The van der Waals surface area contributed by atoms with Crippen molar-refractivity contribution in [2.75, 3.05) is 19.3 Å². The Morgan fingerprint density at radius 2 is 1.92 bits per heavy atom. The summed E-state index contributed by atoms with van der Waals surface area (Å²) in [5.41, 5.74) is 2.20. The third kappa shape index (κ3) is 9.94. The van der Waals surface area contributed by atoms with E-state index in [1.807, 2.05) is 27.7 Å². The van der Waals surface area contributed by atoms with Crippen LogP contribution in [0.3, 0.4) is 0 Å². The zero-order chi connectivity index (χ0) is 18.2. The number of halogens is 1. The van der Waals surface area contributed by atoms with E-state index < -0.39 is 0 Å². The van der Waals surface area contributed by atoms with Crippen LogP contribution in [-0.2, 0) is 11.3 Å². The van der Waals surface area contributed by atoms with Gasteiger partial charge in [0.15, 0.2) is 5.96 Å². The SMILES string of the molecule is CCNC(=NCc1ccc(C)cc1SC)NCC(=O)NC(C)(C)C.I. The normalized spacial score (nSPS) is 11.5. The van der Waals surface area contributed by atoms with Crippen LogP contribution >= 0.6 is 35.7 Å². The van der Waals surface area contributed by atoms with E-state index >= 15 is 0 Å². The molecule has 7 heteroatoms. The number of carbonyl (C=O) groups is 1. The molecule has 0 aromatic heterocycles. The number of guanidine groups is 1. The summed E-state index contributed by atoms with van der Waals surface area (Å²) in [6.07, 6.45) is 2.07. The molecule has 0 radical (unpaired) electrons. The maximum Gasteiger partial charge on any atom is 0.239 e. The summed E-state index contributed by atoms with van der Waals surface area (Å²) in [7, 11) is 0. The third-order valence-corrected chi connectivity index (χ3v) is 3.94. The van der Waals surface area contributed by atoms with Gasteiger partial charge in [0, 0.05) is 17.0 Å². The molecule has 0 unspecified atom stereocenters. The van der Waals surface area contributed by atoms with Crippen molar-refractivity contribution in [1.82, 2.24) is 16.0 Å². The van der Waals surface area contributed by atoms with Gasteiger partial charge in [0.25, 0.3) is 0 Å². The second kappa shape index (κ2) is 11.6. The van der Waals surface area contributed by atoms with E-state index in [-0.39, 0.29) is 42.0 Å². The highest BCUT2D eigenvalue weighted by Gasteiger charge is 2.13. The number of rotatable bonds is 6. The topological polar surface area (TPSA) is 65.5 Å². The van der Waals surface area contributed by atoms with Crippen molar-refractivity contribution >= 4 is 47.6 Å². The van der Waals surface area contributed by atoms with Gasteiger partial charge in [-0.05, 0) is 58.1 Å². The van der Waals surface area contributed by atoms with Gasteiger partial charge in [-0.25, -0.2) is 4.99 Å². The van der Waals surface area contributed by atoms with Crippen molar-refractivity contribution in [1.29, 1.82) is 0 Å². The van der Waals surface area contributed by atoms with Crippen molar-refractivity contribution in [3.05, 3.63) is 29.3 Å². The number of aliphatic imine (C=N–C) groups is 1. The zero-order valence-corrected chi connectivity index (χ0v) is 19.2. The maximum absolute atomic E-state index is 11.9. The number of aryl methyl sites for hydroxylation is 1. The first-order chi connectivity index (χ1) is 11.2.